The zero-order chi connectivity index (χ0) is 17.5. The number of benzene rings is 1. The normalized spacial score (nSPS) is 17.2. The number of halogens is 3. The highest BCUT2D eigenvalue weighted by Crippen LogP contribution is 2.40. The Labute approximate surface area is 135 Å². The van der Waals surface area contributed by atoms with Crippen molar-refractivity contribution in [3.8, 4) is 0 Å². The Balaban J connectivity index is 1.86. The standard InChI is InChI=1S/C13H13F3N4O3S/c14-13(15,16)8-4-9-10(5-11(8)24(17,21)22)20-12(19-9)18-6-7-2-1-3-23-7/h1-5,12,18-20H,6H2,(H2,17,21,22). The predicted octanol–water partition coefficient (Wildman–Crippen LogP) is 1.86. The summed E-state index contributed by atoms with van der Waals surface area (Å²) in [5.41, 5.74) is -1.000. The fourth-order valence-corrected chi connectivity index (χ4v) is 3.10. The quantitative estimate of drug-likeness (QED) is 0.661. The van der Waals surface area contributed by atoms with Crippen molar-refractivity contribution in [2.75, 3.05) is 10.6 Å². The Hall–Kier alpha value is -2.24. The third-order valence-corrected chi connectivity index (χ3v) is 4.34. The SMILES string of the molecule is NS(=O)(=O)c1cc2c(cc1C(F)(F)F)NC(NCc1ccco1)N2. The topological polar surface area (TPSA) is 109 Å². The molecule has 1 aromatic carbocycles. The van der Waals surface area contributed by atoms with Crippen LogP contribution in [0.1, 0.15) is 11.3 Å². The lowest BCUT2D eigenvalue weighted by atomic mass is 10.1. The molecule has 1 aromatic heterocycles. The van der Waals surface area contributed by atoms with Crippen molar-refractivity contribution in [3.05, 3.63) is 41.9 Å². The van der Waals surface area contributed by atoms with E-state index in [4.69, 9.17) is 9.56 Å². The maximum Gasteiger partial charge on any atom is 0.417 e. The molecule has 1 unspecified atom stereocenters. The molecule has 24 heavy (non-hydrogen) atoms. The highest BCUT2D eigenvalue weighted by Gasteiger charge is 2.38. The summed E-state index contributed by atoms with van der Waals surface area (Å²) in [6.07, 6.45) is -3.95. The molecule has 1 aliphatic heterocycles. The molecular weight excluding hydrogens is 349 g/mol. The van der Waals surface area contributed by atoms with Gasteiger partial charge in [0.05, 0.1) is 34.6 Å². The summed E-state index contributed by atoms with van der Waals surface area (Å²) in [7, 11) is -4.53. The number of sulfonamides is 1. The van der Waals surface area contributed by atoms with Crippen LogP contribution in [0.25, 0.3) is 0 Å². The molecule has 0 spiro atoms. The van der Waals surface area contributed by atoms with E-state index in [1.54, 1.807) is 12.1 Å². The molecule has 0 aliphatic carbocycles. The van der Waals surface area contributed by atoms with Crippen LogP contribution in [0.5, 0.6) is 0 Å². The molecular formula is C13H13F3N4O3S. The second kappa shape index (κ2) is 5.69. The van der Waals surface area contributed by atoms with Crippen LogP contribution >= 0.6 is 0 Å². The van der Waals surface area contributed by atoms with E-state index in [9.17, 15) is 21.6 Å². The van der Waals surface area contributed by atoms with Crippen molar-refractivity contribution in [2.45, 2.75) is 23.9 Å². The Morgan fingerprint density at radius 1 is 1.25 bits per heavy atom. The van der Waals surface area contributed by atoms with Gasteiger partial charge in [-0.25, -0.2) is 13.6 Å². The number of primary sulfonamides is 1. The minimum atomic E-state index is -4.85. The second-order valence-electron chi connectivity index (χ2n) is 5.12. The summed E-state index contributed by atoms with van der Waals surface area (Å²) in [5.74, 6) is 0.635. The van der Waals surface area contributed by atoms with Gasteiger partial charge in [-0.05, 0) is 24.3 Å². The smallest absolute Gasteiger partial charge is 0.417 e. The van der Waals surface area contributed by atoms with E-state index >= 15 is 0 Å². The lowest BCUT2D eigenvalue weighted by Crippen LogP contribution is -2.38. The average molecular weight is 362 g/mol. The van der Waals surface area contributed by atoms with E-state index in [1.165, 1.54) is 6.26 Å². The lowest BCUT2D eigenvalue weighted by Gasteiger charge is -2.13. The van der Waals surface area contributed by atoms with Gasteiger partial charge in [-0.1, -0.05) is 0 Å². The average Bonchev–Trinajstić information content (AvgIpc) is 3.10. The number of nitrogens with one attached hydrogen (secondary N) is 3. The van der Waals surface area contributed by atoms with E-state index in [2.05, 4.69) is 16.0 Å². The van der Waals surface area contributed by atoms with E-state index in [-0.39, 0.29) is 11.4 Å². The van der Waals surface area contributed by atoms with Crippen LogP contribution in [-0.2, 0) is 22.7 Å². The number of anilines is 2. The molecule has 0 bridgehead atoms. The number of furan rings is 1. The lowest BCUT2D eigenvalue weighted by molar-refractivity contribution is -0.139. The largest absolute Gasteiger partial charge is 0.468 e. The Kier molecular flexibility index (Phi) is 3.94. The number of hydrogen-bond acceptors (Lipinski definition) is 6. The van der Waals surface area contributed by atoms with Gasteiger partial charge < -0.3 is 15.1 Å². The first kappa shape index (κ1) is 16.6. The number of fused-ring (bicyclic) bond motifs is 1. The molecule has 2 aromatic rings. The molecule has 7 nitrogen and oxygen atoms in total. The van der Waals surface area contributed by atoms with Crippen molar-refractivity contribution < 1.29 is 26.0 Å². The molecule has 130 valence electrons. The van der Waals surface area contributed by atoms with E-state index in [0.29, 0.717) is 12.3 Å². The summed E-state index contributed by atoms with van der Waals surface area (Å²) in [4.78, 5) is -0.977. The monoisotopic (exact) mass is 362 g/mol. The third kappa shape index (κ3) is 3.32. The summed E-state index contributed by atoms with van der Waals surface area (Å²) in [6.45, 7) is 0.319. The number of alkyl halides is 3. The summed E-state index contributed by atoms with van der Waals surface area (Å²) < 4.78 is 67.3. The molecule has 3 rings (SSSR count). The maximum atomic E-state index is 13.1. The molecule has 5 N–H and O–H groups in total. The van der Waals surface area contributed by atoms with Crippen molar-refractivity contribution in [1.82, 2.24) is 5.32 Å². The van der Waals surface area contributed by atoms with Crippen molar-refractivity contribution in [1.29, 1.82) is 0 Å². The fourth-order valence-electron chi connectivity index (χ4n) is 2.34. The highest BCUT2D eigenvalue weighted by molar-refractivity contribution is 7.89. The second-order valence-corrected chi connectivity index (χ2v) is 6.65. The molecule has 11 heteroatoms. The predicted molar refractivity (Wildman–Crippen MR) is 79.4 cm³/mol. The zero-order valence-electron chi connectivity index (χ0n) is 12.0. The number of rotatable bonds is 4. The fraction of sp³-hybridized carbons (Fsp3) is 0.231. The summed E-state index contributed by atoms with van der Waals surface area (Å²) in [6, 6.07) is 5.02. The van der Waals surface area contributed by atoms with Crippen LogP contribution in [0, 0.1) is 0 Å². The van der Waals surface area contributed by atoms with Gasteiger partial charge >= 0.3 is 6.18 Å². The first-order valence-corrected chi connectivity index (χ1v) is 8.26. The van der Waals surface area contributed by atoms with Crippen molar-refractivity contribution in [3.63, 3.8) is 0 Å². The Morgan fingerprint density at radius 3 is 2.46 bits per heavy atom. The van der Waals surface area contributed by atoms with Gasteiger partial charge in [-0.2, -0.15) is 13.2 Å². The minimum absolute atomic E-state index is 0.117. The number of hydrogen-bond donors (Lipinski definition) is 4. The first-order chi connectivity index (χ1) is 11.1. The van der Waals surface area contributed by atoms with Crippen LogP contribution in [0.2, 0.25) is 0 Å². The maximum absolute atomic E-state index is 13.1. The van der Waals surface area contributed by atoms with Gasteiger partial charge in [0.1, 0.15) is 5.76 Å². The number of nitrogens with two attached hydrogens (primary N) is 1. The van der Waals surface area contributed by atoms with Crippen molar-refractivity contribution >= 4 is 21.4 Å². The van der Waals surface area contributed by atoms with E-state index in [0.717, 1.165) is 12.1 Å². The van der Waals surface area contributed by atoms with Crippen LogP contribution in [0.15, 0.2) is 39.8 Å². The van der Waals surface area contributed by atoms with Gasteiger partial charge in [0, 0.05) is 0 Å². The zero-order valence-corrected chi connectivity index (χ0v) is 12.8. The Morgan fingerprint density at radius 2 is 1.92 bits per heavy atom. The summed E-state index contributed by atoms with van der Waals surface area (Å²) in [5, 5.41) is 13.5. The van der Waals surface area contributed by atoms with Gasteiger partial charge in [-0.3, -0.25) is 5.32 Å². The molecule has 0 radical (unpaired) electrons. The minimum Gasteiger partial charge on any atom is -0.468 e. The molecule has 2 heterocycles. The molecule has 0 amide bonds. The van der Waals surface area contributed by atoms with Gasteiger partial charge in [0.15, 0.2) is 6.29 Å². The van der Waals surface area contributed by atoms with Crippen LogP contribution < -0.4 is 21.1 Å². The molecule has 0 fully saturated rings. The summed E-state index contributed by atoms with van der Waals surface area (Å²) >= 11 is 0. The van der Waals surface area contributed by atoms with Gasteiger partial charge in [0.2, 0.25) is 10.0 Å². The van der Waals surface area contributed by atoms with Gasteiger partial charge in [0.25, 0.3) is 0 Å². The Bertz CT molecular complexity index is 850. The van der Waals surface area contributed by atoms with Gasteiger partial charge in [-0.15, -0.1) is 0 Å². The van der Waals surface area contributed by atoms with E-state index < -0.39 is 32.9 Å². The molecule has 1 atom stereocenters. The van der Waals surface area contributed by atoms with Crippen LogP contribution in [-0.4, -0.2) is 14.7 Å². The van der Waals surface area contributed by atoms with Crippen molar-refractivity contribution in [2.24, 2.45) is 5.14 Å². The molecule has 0 saturated heterocycles. The van der Waals surface area contributed by atoms with E-state index in [1.807, 2.05) is 0 Å². The van der Waals surface area contributed by atoms with Crippen LogP contribution in [0.3, 0.4) is 0 Å². The molecule has 1 aliphatic rings. The van der Waals surface area contributed by atoms with Crippen LogP contribution in [0.4, 0.5) is 24.5 Å². The third-order valence-electron chi connectivity index (χ3n) is 3.39. The first-order valence-electron chi connectivity index (χ1n) is 6.71. The highest BCUT2D eigenvalue weighted by atomic mass is 32.2. The molecule has 0 saturated carbocycles.